The number of amides is 3. The molecule has 0 radical (unpaired) electrons. The van der Waals surface area contributed by atoms with E-state index in [0.29, 0.717) is 36.4 Å². The van der Waals surface area contributed by atoms with Gasteiger partial charge in [0.05, 0.1) is 24.3 Å². The summed E-state index contributed by atoms with van der Waals surface area (Å²) < 4.78 is 5.19. The molecule has 1 heterocycles. The van der Waals surface area contributed by atoms with Gasteiger partial charge in [0.1, 0.15) is 0 Å². The van der Waals surface area contributed by atoms with Crippen LogP contribution >= 0.6 is 0 Å². The van der Waals surface area contributed by atoms with Gasteiger partial charge >= 0.3 is 0 Å². The summed E-state index contributed by atoms with van der Waals surface area (Å²) in [6.07, 6.45) is 0. The normalized spacial score (nSPS) is 13.0. The minimum Gasteiger partial charge on any atom is -0.380 e. The van der Waals surface area contributed by atoms with Gasteiger partial charge in [-0.3, -0.25) is 19.3 Å². The van der Waals surface area contributed by atoms with Gasteiger partial charge in [0.2, 0.25) is 0 Å². The van der Waals surface area contributed by atoms with E-state index in [1.54, 1.807) is 48.5 Å². The molecule has 0 aromatic heterocycles. The van der Waals surface area contributed by atoms with Gasteiger partial charge in [-0.2, -0.15) is 0 Å². The summed E-state index contributed by atoms with van der Waals surface area (Å²) in [6, 6.07) is 13.7. The summed E-state index contributed by atoms with van der Waals surface area (Å²) in [6.45, 7) is 3.51. The first-order valence-corrected chi connectivity index (χ1v) is 8.52. The standard InChI is InChI=1S/C20H20N2O4/c1-2-26-11-10-21-18(23)15-7-5-6-14(12-15)13-22-19(24)16-8-3-4-9-17(16)20(22)25/h3-9,12H,2,10-11,13H2,1H3,(H,21,23). The molecule has 0 saturated heterocycles. The number of fused-ring (bicyclic) bond motifs is 1. The number of ether oxygens (including phenoxy) is 1. The molecule has 3 rings (SSSR count). The smallest absolute Gasteiger partial charge is 0.261 e. The Bertz CT molecular complexity index is 812. The lowest BCUT2D eigenvalue weighted by molar-refractivity contribution is 0.0642. The quantitative estimate of drug-likeness (QED) is 0.613. The molecular formula is C20H20N2O4. The Morgan fingerprint density at radius 1 is 1.04 bits per heavy atom. The van der Waals surface area contributed by atoms with Crippen molar-refractivity contribution in [2.75, 3.05) is 19.8 Å². The van der Waals surface area contributed by atoms with Crippen molar-refractivity contribution in [1.82, 2.24) is 10.2 Å². The summed E-state index contributed by atoms with van der Waals surface area (Å²) in [5.74, 6) is -0.830. The third kappa shape index (κ3) is 3.65. The average molecular weight is 352 g/mol. The Morgan fingerprint density at radius 3 is 2.38 bits per heavy atom. The van der Waals surface area contributed by atoms with Crippen LogP contribution < -0.4 is 5.32 Å². The van der Waals surface area contributed by atoms with E-state index in [0.717, 1.165) is 5.56 Å². The van der Waals surface area contributed by atoms with E-state index in [1.165, 1.54) is 4.90 Å². The molecule has 3 amide bonds. The predicted octanol–water partition coefficient (Wildman–Crippen LogP) is 2.25. The molecule has 0 unspecified atom stereocenters. The SMILES string of the molecule is CCOCCNC(=O)c1cccc(CN2C(=O)c3ccccc3C2=O)c1. The number of nitrogens with zero attached hydrogens (tertiary/aromatic N) is 1. The Hall–Kier alpha value is -2.99. The van der Waals surface area contributed by atoms with Gasteiger partial charge < -0.3 is 10.1 Å². The molecule has 2 aromatic rings. The van der Waals surface area contributed by atoms with Crippen LogP contribution in [0.25, 0.3) is 0 Å². The fraction of sp³-hybridized carbons (Fsp3) is 0.250. The molecule has 6 nitrogen and oxygen atoms in total. The molecule has 1 aliphatic rings. The van der Waals surface area contributed by atoms with E-state index in [9.17, 15) is 14.4 Å². The minimum absolute atomic E-state index is 0.131. The largest absolute Gasteiger partial charge is 0.380 e. The Labute approximate surface area is 151 Å². The third-order valence-corrected chi connectivity index (χ3v) is 4.14. The van der Waals surface area contributed by atoms with Crippen molar-refractivity contribution in [2.45, 2.75) is 13.5 Å². The molecular weight excluding hydrogens is 332 g/mol. The molecule has 134 valence electrons. The highest BCUT2D eigenvalue weighted by atomic mass is 16.5. The lowest BCUT2D eigenvalue weighted by atomic mass is 10.1. The Morgan fingerprint density at radius 2 is 1.73 bits per heavy atom. The van der Waals surface area contributed by atoms with Crippen LogP contribution in [0, 0.1) is 0 Å². The summed E-state index contributed by atoms with van der Waals surface area (Å²) in [4.78, 5) is 38.3. The Kier molecular flexibility index (Phi) is 5.43. The zero-order chi connectivity index (χ0) is 18.5. The topological polar surface area (TPSA) is 75.7 Å². The zero-order valence-corrected chi connectivity index (χ0v) is 14.5. The van der Waals surface area contributed by atoms with Crippen LogP contribution in [-0.4, -0.2) is 42.4 Å². The van der Waals surface area contributed by atoms with Crippen molar-refractivity contribution in [2.24, 2.45) is 0 Å². The summed E-state index contributed by atoms with van der Waals surface area (Å²) >= 11 is 0. The highest BCUT2D eigenvalue weighted by Gasteiger charge is 2.34. The maximum atomic E-state index is 12.4. The highest BCUT2D eigenvalue weighted by Crippen LogP contribution is 2.24. The third-order valence-electron chi connectivity index (χ3n) is 4.14. The number of imide groups is 1. The molecule has 1 N–H and O–H groups in total. The van der Waals surface area contributed by atoms with Crippen molar-refractivity contribution in [3.63, 3.8) is 0 Å². The van der Waals surface area contributed by atoms with E-state index < -0.39 is 0 Å². The van der Waals surface area contributed by atoms with E-state index in [1.807, 2.05) is 6.92 Å². The molecule has 0 bridgehead atoms. The van der Waals surface area contributed by atoms with Gasteiger partial charge in [-0.1, -0.05) is 24.3 Å². The van der Waals surface area contributed by atoms with Gasteiger partial charge in [0, 0.05) is 18.7 Å². The maximum Gasteiger partial charge on any atom is 0.261 e. The van der Waals surface area contributed by atoms with Gasteiger partial charge in [0.15, 0.2) is 0 Å². The zero-order valence-electron chi connectivity index (χ0n) is 14.5. The van der Waals surface area contributed by atoms with Crippen molar-refractivity contribution in [1.29, 1.82) is 0 Å². The number of carbonyl (C=O) groups excluding carboxylic acids is 3. The van der Waals surface area contributed by atoms with Gasteiger partial charge in [-0.25, -0.2) is 0 Å². The second-order valence-corrected chi connectivity index (χ2v) is 5.90. The van der Waals surface area contributed by atoms with Gasteiger partial charge in [0.25, 0.3) is 17.7 Å². The number of rotatable bonds is 7. The van der Waals surface area contributed by atoms with Crippen molar-refractivity contribution >= 4 is 17.7 Å². The predicted molar refractivity (Wildman–Crippen MR) is 95.9 cm³/mol. The summed E-state index contributed by atoms with van der Waals surface area (Å²) in [5.41, 5.74) is 2.04. The highest BCUT2D eigenvalue weighted by molar-refractivity contribution is 6.21. The fourth-order valence-electron chi connectivity index (χ4n) is 2.86. The summed E-state index contributed by atoms with van der Waals surface area (Å²) in [7, 11) is 0. The fourth-order valence-corrected chi connectivity index (χ4v) is 2.86. The molecule has 0 atom stereocenters. The van der Waals surface area contributed by atoms with E-state index >= 15 is 0 Å². The van der Waals surface area contributed by atoms with E-state index in [2.05, 4.69) is 5.32 Å². The molecule has 2 aromatic carbocycles. The average Bonchev–Trinajstić information content (AvgIpc) is 2.91. The minimum atomic E-state index is -0.308. The number of hydrogen-bond acceptors (Lipinski definition) is 4. The molecule has 0 fully saturated rings. The first kappa shape index (κ1) is 17.8. The van der Waals surface area contributed by atoms with Crippen LogP contribution in [0.5, 0.6) is 0 Å². The summed E-state index contributed by atoms with van der Waals surface area (Å²) in [5, 5.41) is 2.77. The van der Waals surface area contributed by atoms with Crippen molar-refractivity contribution in [3.05, 3.63) is 70.8 Å². The van der Waals surface area contributed by atoms with E-state index in [4.69, 9.17) is 4.74 Å². The second-order valence-electron chi connectivity index (χ2n) is 5.90. The lowest BCUT2D eigenvalue weighted by Gasteiger charge is -2.14. The van der Waals surface area contributed by atoms with Crippen molar-refractivity contribution in [3.8, 4) is 0 Å². The molecule has 26 heavy (non-hydrogen) atoms. The number of carbonyl (C=O) groups is 3. The van der Waals surface area contributed by atoms with Crippen LogP contribution in [0.1, 0.15) is 43.6 Å². The molecule has 0 aliphatic carbocycles. The molecule has 6 heteroatoms. The van der Waals surface area contributed by atoms with Crippen LogP contribution in [0.15, 0.2) is 48.5 Å². The van der Waals surface area contributed by atoms with E-state index in [-0.39, 0.29) is 24.3 Å². The molecule has 1 aliphatic heterocycles. The van der Waals surface area contributed by atoms with Gasteiger partial charge in [-0.05, 0) is 36.8 Å². The number of nitrogens with one attached hydrogen (secondary N) is 1. The Balaban J connectivity index is 1.69. The first-order chi connectivity index (χ1) is 12.6. The van der Waals surface area contributed by atoms with Crippen LogP contribution in [0.3, 0.4) is 0 Å². The second kappa shape index (κ2) is 7.93. The maximum absolute atomic E-state index is 12.4. The monoisotopic (exact) mass is 352 g/mol. The van der Waals surface area contributed by atoms with Crippen molar-refractivity contribution < 1.29 is 19.1 Å². The first-order valence-electron chi connectivity index (χ1n) is 8.52. The van der Waals surface area contributed by atoms with Crippen LogP contribution in [0.4, 0.5) is 0 Å². The molecule has 0 spiro atoms. The van der Waals surface area contributed by atoms with Crippen LogP contribution in [-0.2, 0) is 11.3 Å². The molecule has 0 saturated carbocycles. The van der Waals surface area contributed by atoms with Crippen LogP contribution in [0.2, 0.25) is 0 Å². The lowest BCUT2D eigenvalue weighted by Crippen LogP contribution is -2.30. The van der Waals surface area contributed by atoms with Gasteiger partial charge in [-0.15, -0.1) is 0 Å². The number of benzene rings is 2. The number of hydrogen-bond donors (Lipinski definition) is 1.